The van der Waals surface area contributed by atoms with Crippen LogP contribution in [0, 0.1) is 19.8 Å². The first-order chi connectivity index (χ1) is 14.9. The molecule has 7 nitrogen and oxygen atoms in total. The van der Waals surface area contributed by atoms with Crippen LogP contribution < -0.4 is 10.2 Å². The fourth-order valence-corrected chi connectivity index (χ4v) is 3.62. The van der Waals surface area contributed by atoms with Gasteiger partial charge in [0.05, 0.1) is 5.70 Å². The molecule has 3 aromatic rings. The van der Waals surface area contributed by atoms with E-state index in [1.54, 1.807) is 4.68 Å². The number of anilines is 1. The molecule has 31 heavy (non-hydrogen) atoms. The molecule has 0 aliphatic carbocycles. The largest absolute Gasteiger partial charge is 0.354 e. The smallest absolute Gasteiger partial charge is 0.251 e. The Balaban J connectivity index is 1.76. The van der Waals surface area contributed by atoms with Crippen LogP contribution in [0.3, 0.4) is 0 Å². The lowest BCUT2D eigenvalue weighted by Gasteiger charge is -2.32. The molecule has 0 saturated heterocycles. The van der Waals surface area contributed by atoms with Crippen molar-refractivity contribution in [2.75, 3.05) is 18.0 Å². The third-order valence-electron chi connectivity index (χ3n) is 5.36. The van der Waals surface area contributed by atoms with Gasteiger partial charge in [-0.1, -0.05) is 78.6 Å². The summed E-state index contributed by atoms with van der Waals surface area (Å²) in [6.07, 6.45) is 2.13. The summed E-state index contributed by atoms with van der Waals surface area (Å²) in [5.41, 5.74) is 5.41. The van der Waals surface area contributed by atoms with Crippen LogP contribution in [0.25, 0.3) is 5.70 Å². The number of aromatic nitrogens is 4. The van der Waals surface area contributed by atoms with E-state index in [0.29, 0.717) is 18.4 Å². The van der Waals surface area contributed by atoms with E-state index in [1.807, 2.05) is 4.90 Å². The van der Waals surface area contributed by atoms with Gasteiger partial charge in [0.25, 0.3) is 5.95 Å². The number of hydrogen-bond acceptors (Lipinski definition) is 5. The standard InChI is InChI=1S/C24H28N6O/c1-16(2)14-25-23(31)15-29-21(19-9-5-17(3)6-10-19)13-22(30-24(29)26-27-28-30)20-11-7-18(4)8-12-20/h5-13,16,22H,14-15H2,1-4H3,(H,25,31)/t22-/m1/s1. The van der Waals surface area contributed by atoms with Crippen molar-refractivity contribution in [2.45, 2.75) is 33.7 Å². The lowest BCUT2D eigenvalue weighted by atomic mass is 9.99. The first kappa shape index (κ1) is 20.8. The van der Waals surface area contributed by atoms with Gasteiger partial charge in [-0.15, -0.1) is 0 Å². The molecule has 1 amide bonds. The highest BCUT2D eigenvalue weighted by Gasteiger charge is 2.31. The van der Waals surface area contributed by atoms with Gasteiger partial charge < -0.3 is 5.32 Å². The molecule has 0 spiro atoms. The molecular weight excluding hydrogens is 388 g/mol. The van der Waals surface area contributed by atoms with E-state index in [2.05, 4.69) is 103 Å². The molecule has 1 aromatic heterocycles. The van der Waals surface area contributed by atoms with Gasteiger partial charge in [-0.3, -0.25) is 9.69 Å². The normalized spacial score (nSPS) is 15.6. The number of nitrogens with one attached hydrogen (secondary N) is 1. The Morgan fingerprint density at radius 1 is 1.03 bits per heavy atom. The van der Waals surface area contributed by atoms with Crippen LogP contribution in [-0.4, -0.2) is 39.2 Å². The van der Waals surface area contributed by atoms with Crippen LogP contribution in [0.4, 0.5) is 5.95 Å². The molecule has 7 heteroatoms. The van der Waals surface area contributed by atoms with Gasteiger partial charge in [-0.25, -0.2) is 0 Å². The van der Waals surface area contributed by atoms with E-state index in [-0.39, 0.29) is 18.5 Å². The van der Waals surface area contributed by atoms with Crippen molar-refractivity contribution in [2.24, 2.45) is 5.92 Å². The molecular formula is C24H28N6O. The highest BCUT2D eigenvalue weighted by Crippen LogP contribution is 2.36. The Bertz CT molecular complexity index is 1080. The second-order valence-electron chi connectivity index (χ2n) is 8.48. The fraction of sp³-hybridized carbons (Fsp3) is 0.333. The number of hydrogen-bond donors (Lipinski definition) is 1. The van der Waals surface area contributed by atoms with Crippen molar-refractivity contribution in [3.05, 3.63) is 76.9 Å². The van der Waals surface area contributed by atoms with E-state index in [9.17, 15) is 4.79 Å². The van der Waals surface area contributed by atoms with Crippen molar-refractivity contribution in [3.8, 4) is 0 Å². The minimum absolute atomic E-state index is 0.0601. The molecule has 0 saturated carbocycles. The van der Waals surface area contributed by atoms with Crippen LogP contribution >= 0.6 is 0 Å². The molecule has 2 heterocycles. The molecule has 160 valence electrons. The van der Waals surface area contributed by atoms with E-state index in [4.69, 9.17) is 0 Å². The lowest BCUT2D eigenvalue weighted by Crippen LogP contribution is -2.41. The van der Waals surface area contributed by atoms with Crippen LogP contribution in [0.1, 0.15) is 42.1 Å². The minimum atomic E-state index is -0.156. The minimum Gasteiger partial charge on any atom is -0.354 e. The van der Waals surface area contributed by atoms with Gasteiger partial charge in [0, 0.05) is 6.54 Å². The van der Waals surface area contributed by atoms with Gasteiger partial charge >= 0.3 is 0 Å². The van der Waals surface area contributed by atoms with Crippen LogP contribution in [0.5, 0.6) is 0 Å². The van der Waals surface area contributed by atoms with Crippen LogP contribution in [0.15, 0.2) is 54.6 Å². The average Bonchev–Trinajstić information content (AvgIpc) is 3.24. The summed E-state index contributed by atoms with van der Waals surface area (Å²) in [6.45, 7) is 9.06. The molecule has 1 aliphatic heterocycles. The molecule has 1 atom stereocenters. The highest BCUT2D eigenvalue weighted by atomic mass is 16.2. The van der Waals surface area contributed by atoms with E-state index in [0.717, 1.165) is 16.8 Å². The number of rotatable bonds is 6. The monoisotopic (exact) mass is 416 g/mol. The van der Waals surface area contributed by atoms with Gasteiger partial charge in [0.1, 0.15) is 12.6 Å². The maximum absolute atomic E-state index is 12.7. The number of amides is 1. The first-order valence-electron chi connectivity index (χ1n) is 10.6. The topological polar surface area (TPSA) is 75.9 Å². The van der Waals surface area contributed by atoms with Gasteiger partial charge in [-0.05, 0) is 47.4 Å². The number of fused-ring (bicyclic) bond motifs is 1. The number of carbonyl (C=O) groups is 1. The third kappa shape index (κ3) is 4.50. The Labute approximate surface area is 182 Å². The van der Waals surface area contributed by atoms with Gasteiger partial charge in [-0.2, -0.15) is 4.68 Å². The Kier molecular flexibility index (Phi) is 5.84. The molecule has 0 fully saturated rings. The zero-order chi connectivity index (χ0) is 22.0. The van der Waals surface area contributed by atoms with E-state index >= 15 is 0 Å². The number of allylic oxidation sites excluding steroid dienone is 1. The van der Waals surface area contributed by atoms with Crippen molar-refractivity contribution >= 4 is 17.6 Å². The predicted molar refractivity (Wildman–Crippen MR) is 121 cm³/mol. The highest BCUT2D eigenvalue weighted by molar-refractivity contribution is 5.89. The summed E-state index contributed by atoms with van der Waals surface area (Å²) in [5, 5.41) is 15.5. The summed E-state index contributed by atoms with van der Waals surface area (Å²) in [4.78, 5) is 14.6. The molecule has 4 rings (SSSR count). The van der Waals surface area contributed by atoms with Crippen molar-refractivity contribution in [1.82, 2.24) is 25.5 Å². The second-order valence-corrected chi connectivity index (χ2v) is 8.48. The Morgan fingerprint density at radius 3 is 2.32 bits per heavy atom. The summed E-state index contributed by atoms with van der Waals surface area (Å²) in [5.74, 6) is 0.882. The third-order valence-corrected chi connectivity index (χ3v) is 5.36. The summed E-state index contributed by atoms with van der Waals surface area (Å²) >= 11 is 0. The molecule has 0 bridgehead atoms. The molecule has 2 aromatic carbocycles. The van der Waals surface area contributed by atoms with E-state index < -0.39 is 0 Å². The zero-order valence-corrected chi connectivity index (χ0v) is 18.4. The molecule has 1 N–H and O–H groups in total. The number of tetrazole rings is 1. The average molecular weight is 417 g/mol. The number of benzene rings is 2. The van der Waals surface area contributed by atoms with Gasteiger partial charge in [0.15, 0.2) is 0 Å². The lowest BCUT2D eigenvalue weighted by molar-refractivity contribution is -0.119. The SMILES string of the molecule is Cc1ccc(C2=C[C@H](c3ccc(C)cc3)n3nnnc3N2CC(=O)NCC(C)C)cc1. The second kappa shape index (κ2) is 8.71. The predicted octanol–water partition coefficient (Wildman–Crippen LogP) is 3.51. The van der Waals surface area contributed by atoms with E-state index in [1.165, 1.54) is 11.1 Å². The zero-order valence-electron chi connectivity index (χ0n) is 18.4. The maximum atomic E-state index is 12.7. The first-order valence-corrected chi connectivity index (χ1v) is 10.6. The number of nitrogens with zero attached hydrogens (tertiary/aromatic N) is 5. The van der Waals surface area contributed by atoms with Crippen molar-refractivity contribution < 1.29 is 4.79 Å². The number of aryl methyl sites for hydroxylation is 2. The molecule has 1 aliphatic rings. The number of carbonyl (C=O) groups excluding carboxylic acids is 1. The van der Waals surface area contributed by atoms with Crippen molar-refractivity contribution in [1.29, 1.82) is 0 Å². The molecule has 0 unspecified atom stereocenters. The Hall–Kier alpha value is -3.48. The fourth-order valence-electron chi connectivity index (χ4n) is 3.62. The summed E-state index contributed by atoms with van der Waals surface area (Å²) in [7, 11) is 0. The Morgan fingerprint density at radius 2 is 1.68 bits per heavy atom. The molecule has 0 radical (unpaired) electrons. The maximum Gasteiger partial charge on any atom is 0.251 e. The quantitative estimate of drug-likeness (QED) is 0.665. The van der Waals surface area contributed by atoms with Gasteiger partial charge in [0.2, 0.25) is 5.91 Å². The summed E-state index contributed by atoms with van der Waals surface area (Å²) in [6, 6.07) is 16.5. The summed E-state index contributed by atoms with van der Waals surface area (Å²) < 4.78 is 1.78. The van der Waals surface area contributed by atoms with Crippen molar-refractivity contribution in [3.63, 3.8) is 0 Å². The van der Waals surface area contributed by atoms with Crippen LogP contribution in [-0.2, 0) is 4.79 Å². The van der Waals surface area contributed by atoms with Crippen LogP contribution in [0.2, 0.25) is 0 Å².